The van der Waals surface area contributed by atoms with Gasteiger partial charge >= 0.3 is 5.89 Å². The van der Waals surface area contributed by atoms with Gasteiger partial charge in [-0.3, -0.25) is 0 Å². The molecular weight excluding hydrogens is 214 g/mol. The maximum Gasteiger partial charge on any atom is 0.321 e. The van der Waals surface area contributed by atoms with Crippen LogP contribution in [0, 0.1) is 35.0 Å². The normalized spacial score (nSPS) is 42.6. The molecule has 4 heteroatoms. The third kappa shape index (κ3) is 1.35. The predicted molar refractivity (Wildman–Crippen MR) is 58.8 cm³/mol. The molecule has 0 atom stereocenters. The molecule has 0 aromatic carbocycles. The summed E-state index contributed by atoms with van der Waals surface area (Å²) < 4.78 is 5.48. The highest BCUT2D eigenvalue weighted by Crippen LogP contribution is 2.59. The molecule has 4 bridgehead atoms. The number of nitrogens with zero attached hydrogens (tertiary/aromatic N) is 3. The molecule has 0 aliphatic heterocycles. The second kappa shape index (κ2) is 3.32. The lowest BCUT2D eigenvalue weighted by molar-refractivity contribution is -0.0116. The van der Waals surface area contributed by atoms with Gasteiger partial charge in [-0.25, -0.2) is 0 Å². The summed E-state index contributed by atoms with van der Waals surface area (Å²) in [5.74, 6) is 4.66. The van der Waals surface area contributed by atoms with Crippen LogP contribution in [0.4, 0.5) is 0 Å². The fraction of sp³-hybridized carbons (Fsp3) is 0.769. The van der Waals surface area contributed by atoms with Crippen LogP contribution in [0.5, 0.6) is 0 Å². The van der Waals surface area contributed by atoms with Crippen LogP contribution in [-0.4, -0.2) is 10.2 Å². The van der Waals surface area contributed by atoms with Gasteiger partial charge in [-0.1, -0.05) is 5.10 Å². The van der Waals surface area contributed by atoms with Crippen LogP contribution >= 0.6 is 0 Å². The van der Waals surface area contributed by atoms with E-state index in [9.17, 15) is 0 Å². The first kappa shape index (κ1) is 9.64. The molecule has 4 aliphatic rings. The molecule has 0 unspecified atom stereocenters. The summed E-state index contributed by atoms with van der Waals surface area (Å²) in [5, 5.41) is 16.6. The summed E-state index contributed by atoms with van der Waals surface area (Å²) in [7, 11) is 0. The van der Waals surface area contributed by atoms with Gasteiger partial charge in [0.2, 0.25) is 5.89 Å². The van der Waals surface area contributed by atoms with E-state index in [1.165, 1.54) is 32.1 Å². The Hall–Kier alpha value is -1.37. The molecule has 0 amide bonds. The molecule has 0 spiro atoms. The quantitative estimate of drug-likeness (QED) is 0.742. The number of hydrogen-bond acceptors (Lipinski definition) is 4. The van der Waals surface area contributed by atoms with Crippen LogP contribution < -0.4 is 0 Å². The standard InChI is InChI=1S/C13H15N3O/c14-6-11-15-16-13(17-11)12-9-2-7-1-8(4-9)5-10(12)3-7/h7-10,12H,1-5H2. The van der Waals surface area contributed by atoms with Gasteiger partial charge in [0.05, 0.1) is 0 Å². The zero-order valence-corrected chi connectivity index (χ0v) is 9.67. The number of aromatic nitrogens is 2. The average Bonchev–Trinajstić information content (AvgIpc) is 2.76. The van der Waals surface area contributed by atoms with Crippen molar-refractivity contribution in [1.29, 1.82) is 5.26 Å². The van der Waals surface area contributed by atoms with Crippen molar-refractivity contribution < 1.29 is 4.42 Å². The van der Waals surface area contributed by atoms with Crippen molar-refractivity contribution in [3.63, 3.8) is 0 Å². The van der Waals surface area contributed by atoms with Crippen LogP contribution in [0.3, 0.4) is 0 Å². The first-order chi connectivity index (χ1) is 8.33. The van der Waals surface area contributed by atoms with E-state index in [1.54, 1.807) is 0 Å². The zero-order valence-electron chi connectivity index (χ0n) is 9.67. The van der Waals surface area contributed by atoms with E-state index in [1.807, 2.05) is 6.07 Å². The molecule has 1 heterocycles. The van der Waals surface area contributed by atoms with E-state index in [2.05, 4.69) is 10.2 Å². The molecule has 4 saturated carbocycles. The van der Waals surface area contributed by atoms with Gasteiger partial charge < -0.3 is 4.42 Å². The first-order valence-corrected chi connectivity index (χ1v) is 6.57. The SMILES string of the molecule is N#Cc1nnc(C2C3CC4CC(C3)CC2C4)o1. The third-order valence-corrected chi connectivity index (χ3v) is 5.05. The smallest absolute Gasteiger partial charge is 0.321 e. The summed E-state index contributed by atoms with van der Waals surface area (Å²) in [6, 6.07) is 1.93. The van der Waals surface area contributed by atoms with Crippen LogP contribution in [-0.2, 0) is 0 Å². The zero-order chi connectivity index (χ0) is 11.4. The number of rotatable bonds is 1. The molecule has 1 aromatic rings. The van der Waals surface area contributed by atoms with E-state index >= 15 is 0 Å². The van der Waals surface area contributed by atoms with Gasteiger partial charge in [0.15, 0.2) is 6.07 Å². The average molecular weight is 229 g/mol. The van der Waals surface area contributed by atoms with Crippen molar-refractivity contribution in [2.75, 3.05) is 0 Å². The predicted octanol–water partition coefficient (Wildman–Crippen LogP) is 2.48. The molecule has 0 saturated heterocycles. The molecule has 1 aromatic heterocycles. The second-order valence-electron chi connectivity index (χ2n) is 6.01. The Bertz CT molecular complexity index is 459. The fourth-order valence-electron chi connectivity index (χ4n) is 4.74. The minimum atomic E-state index is 0.119. The summed E-state index contributed by atoms with van der Waals surface area (Å²) in [5.41, 5.74) is 0. The Morgan fingerprint density at radius 2 is 1.65 bits per heavy atom. The highest BCUT2D eigenvalue weighted by Gasteiger charge is 2.50. The highest BCUT2D eigenvalue weighted by atomic mass is 16.4. The number of nitriles is 1. The van der Waals surface area contributed by atoms with Crippen molar-refractivity contribution in [3.05, 3.63) is 11.8 Å². The molecule has 4 fully saturated rings. The van der Waals surface area contributed by atoms with Crippen molar-refractivity contribution in [2.24, 2.45) is 23.7 Å². The molecular formula is C13H15N3O. The van der Waals surface area contributed by atoms with Crippen LogP contribution in [0.1, 0.15) is 49.8 Å². The lowest BCUT2D eigenvalue weighted by atomic mass is 9.52. The second-order valence-corrected chi connectivity index (χ2v) is 6.01. The van der Waals surface area contributed by atoms with Gasteiger partial charge in [0.25, 0.3) is 0 Å². The lowest BCUT2D eigenvalue weighted by Gasteiger charge is -2.53. The maximum absolute atomic E-state index is 8.76. The maximum atomic E-state index is 8.76. The lowest BCUT2D eigenvalue weighted by Crippen LogP contribution is -2.43. The van der Waals surface area contributed by atoms with Gasteiger partial charge in [-0.15, -0.1) is 5.10 Å². The van der Waals surface area contributed by atoms with Gasteiger partial charge in [0, 0.05) is 5.92 Å². The molecule has 17 heavy (non-hydrogen) atoms. The van der Waals surface area contributed by atoms with Gasteiger partial charge in [0.1, 0.15) is 0 Å². The van der Waals surface area contributed by atoms with Crippen molar-refractivity contribution in [2.45, 2.75) is 38.0 Å². The van der Waals surface area contributed by atoms with E-state index in [0.29, 0.717) is 5.92 Å². The summed E-state index contributed by atoms with van der Waals surface area (Å²) in [6.45, 7) is 0. The minimum Gasteiger partial charge on any atom is -0.413 e. The Morgan fingerprint density at radius 3 is 2.18 bits per heavy atom. The summed E-state index contributed by atoms with van der Waals surface area (Å²) >= 11 is 0. The third-order valence-electron chi connectivity index (χ3n) is 5.05. The number of hydrogen-bond donors (Lipinski definition) is 0. The van der Waals surface area contributed by atoms with E-state index < -0.39 is 0 Å². The molecule has 4 aliphatic carbocycles. The monoisotopic (exact) mass is 229 g/mol. The van der Waals surface area contributed by atoms with Gasteiger partial charge in [-0.2, -0.15) is 5.26 Å². The fourth-order valence-corrected chi connectivity index (χ4v) is 4.74. The summed E-state index contributed by atoms with van der Waals surface area (Å²) in [6.07, 6.45) is 6.79. The van der Waals surface area contributed by atoms with Crippen molar-refractivity contribution in [3.8, 4) is 6.07 Å². The van der Waals surface area contributed by atoms with E-state index in [0.717, 1.165) is 29.6 Å². The molecule has 0 radical (unpaired) electrons. The van der Waals surface area contributed by atoms with E-state index in [-0.39, 0.29) is 5.89 Å². The first-order valence-electron chi connectivity index (χ1n) is 6.57. The van der Waals surface area contributed by atoms with Crippen molar-refractivity contribution in [1.82, 2.24) is 10.2 Å². The topological polar surface area (TPSA) is 62.7 Å². The Balaban J connectivity index is 1.68. The van der Waals surface area contributed by atoms with Gasteiger partial charge in [-0.05, 0) is 55.8 Å². The molecule has 88 valence electrons. The Kier molecular flexibility index (Phi) is 1.88. The molecule has 0 N–H and O–H groups in total. The molecule has 5 rings (SSSR count). The van der Waals surface area contributed by atoms with Crippen LogP contribution in [0.2, 0.25) is 0 Å². The minimum absolute atomic E-state index is 0.119. The summed E-state index contributed by atoms with van der Waals surface area (Å²) in [4.78, 5) is 0. The van der Waals surface area contributed by atoms with Crippen LogP contribution in [0.25, 0.3) is 0 Å². The largest absolute Gasteiger partial charge is 0.413 e. The highest BCUT2D eigenvalue weighted by molar-refractivity contribution is 5.11. The van der Waals surface area contributed by atoms with Crippen molar-refractivity contribution >= 4 is 0 Å². The van der Waals surface area contributed by atoms with Crippen LogP contribution in [0.15, 0.2) is 4.42 Å². The molecule has 4 nitrogen and oxygen atoms in total. The van der Waals surface area contributed by atoms with E-state index in [4.69, 9.17) is 9.68 Å². The Labute approximate surface area is 100 Å². The Morgan fingerprint density at radius 1 is 1.00 bits per heavy atom.